The van der Waals surface area contributed by atoms with E-state index in [1.54, 1.807) is 12.3 Å². The number of rotatable bonds is 2. The molecule has 0 amide bonds. The number of aromatic nitrogens is 1. The number of hydrogen-bond acceptors (Lipinski definition) is 2. The maximum atomic E-state index is 11.3. The van der Waals surface area contributed by atoms with E-state index in [2.05, 4.69) is 4.98 Å². The molecular weight excluding hydrogens is 198 g/mol. The second kappa shape index (κ2) is 3.76. The summed E-state index contributed by atoms with van der Waals surface area (Å²) in [7, 11) is 0. The Morgan fingerprint density at radius 3 is 3.00 bits per heavy atom. The Kier molecular flexibility index (Phi) is 2.46. The molecule has 0 atom stereocenters. The van der Waals surface area contributed by atoms with Crippen molar-refractivity contribution in [2.75, 3.05) is 5.88 Å². The van der Waals surface area contributed by atoms with E-state index in [-0.39, 0.29) is 11.7 Å². The van der Waals surface area contributed by atoms with E-state index in [9.17, 15) is 4.79 Å². The first kappa shape index (κ1) is 9.16. The molecule has 0 fully saturated rings. The van der Waals surface area contributed by atoms with Crippen molar-refractivity contribution in [3.05, 3.63) is 42.1 Å². The summed E-state index contributed by atoms with van der Waals surface area (Å²) >= 11 is 5.47. The van der Waals surface area contributed by atoms with Crippen LogP contribution in [-0.2, 0) is 0 Å². The van der Waals surface area contributed by atoms with Gasteiger partial charge in [-0.2, -0.15) is 0 Å². The first-order valence-electron chi connectivity index (χ1n) is 4.25. The summed E-state index contributed by atoms with van der Waals surface area (Å²) in [5.74, 6) is -0.0383. The monoisotopic (exact) mass is 205 g/mol. The molecule has 0 aliphatic rings. The standard InChI is InChI=1S/C11H8ClNO/c12-7-11(14)9-3-4-10-8(6-9)2-1-5-13-10/h1-6H,7H2. The molecule has 0 N–H and O–H groups in total. The van der Waals surface area contributed by atoms with Gasteiger partial charge >= 0.3 is 0 Å². The molecule has 3 heteroatoms. The molecule has 0 aliphatic heterocycles. The number of alkyl halides is 1. The molecule has 0 saturated carbocycles. The maximum absolute atomic E-state index is 11.3. The summed E-state index contributed by atoms with van der Waals surface area (Å²) in [5, 5.41) is 0.962. The molecule has 70 valence electrons. The van der Waals surface area contributed by atoms with Gasteiger partial charge in [0.1, 0.15) is 0 Å². The molecule has 1 heterocycles. The molecule has 2 aromatic rings. The van der Waals surface area contributed by atoms with Gasteiger partial charge in [-0.05, 0) is 24.3 Å². The van der Waals surface area contributed by atoms with Crippen molar-refractivity contribution in [3.63, 3.8) is 0 Å². The Morgan fingerprint density at radius 1 is 1.36 bits per heavy atom. The highest BCUT2D eigenvalue weighted by Gasteiger charge is 2.04. The fraction of sp³-hybridized carbons (Fsp3) is 0.0909. The average Bonchev–Trinajstić information content (AvgIpc) is 2.27. The Bertz CT molecular complexity index is 481. The fourth-order valence-electron chi connectivity index (χ4n) is 1.33. The molecule has 1 aromatic carbocycles. The third-order valence-electron chi connectivity index (χ3n) is 2.05. The zero-order valence-corrected chi connectivity index (χ0v) is 8.16. The van der Waals surface area contributed by atoms with Crippen molar-refractivity contribution >= 4 is 28.3 Å². The molecule has 0 radical (unpaired) electrons. The van der Waals surface area contributed by atoms with Crippen LogP contribution in [-0.4, -0.2) is 16.6 Å². The Labute approximate surface area is 86.5 Å². The van der Waals surface area contributed by atoms with Gasteiger partial charge in [-0.3, -0.25) is 9.78 Å². The van der Waals surface area contributed by atoms with Crippen LogP contribution in [0, 0.1) is 0 Å². The molecule has 2 nitrogen and oxygen atoms in total. The summed E-state index contributed by atoms with van der Waals surface area (Å²) in [6.07, 6.45) is 1.73. The summed E-state index contributed by atoms with van der Waals surface area (Å²) in [4.78, 5) is 15.5. The third-order valence-corrected chi connectivity index (χ3v) is 2.29. The van der Waals surface area contributed by atoms with Crippen molar-refractivity contribution in [2.24, 2.45) is 0 Å². The SMILES string of the molecule is O=C(CCl)c1ccc2ncccc2c1. The number of Topliss-reactive ketones (excluding diaryl/α,β-unsaturated/α-hetero) is 1. The highest BCUT2D eigenvalue weighted by Crippen LogP contribution is 2.13. The number of halogens is 1. The van der Waals surface area contributed by atoms with E-state index in [4.69, 9.17) is 11.6 Å². The van der Waals surface area contributed by atoms with Gasteiger partial charge in [-0.15, -0.1) is 11.6 Å². The zero-order chi connectivity index (χ0) is 9.97. The average molecular weight is 206 g/mol. The first-order valence-corrected chi connectivity index (χ1v) is 4.78. The molecule has 14 heavy (non-hydrogen) atoms. The number of carbonyl (C=O) groups is 1. The van der Waals surface area contributed by atoms with Gasteiger partial charge in [0.15, 0.2) is 5.78 Å². The Balaban J connectivity index is 2.56. The van der Waals surface area contributed by atoms with Gasteiger partial charge in [-0.25, -0.2) is 0 Å². The Morgan fingerprint density at radius 2 is 2.21 bits per heavy atom. The predicted molar refractivity (Wildman–Crippen MR) is 56.8 cm³/mol. The molecular formula is C11H8ClNO. The lowest BCUT2D eigenvalue weighted by atomic mass is 10.1. The van der Waals surface area contributed by atoms with Crippen molar-refractivity contribution < 1.29 is 4.79 Å². The van der Waals surface area contributed by atoms with E-state index in [0.29, 0.717) is 5.56 Å². The van der Waals surface area contributed by atoms with Crippen LogP contribution in [0.4, 0.5) is 0 Å². The van der Waals surface area contributed by atoms with Gasteiger partial charge < -0.3 is 0 Å². The van der Waals surface area contributed by atoms with E-state index in [0.717, 1.165) is 10.9 Å². The first-order chi connectivity index (χ1) is 6.81. The second-order valence-corrected chi connectivity index (χ2v) is 3.23. The topological polar surface area (TPSA) is 30.0 Å². The maximum Gasteiger partial charge on any atom is 0.177 e. The number of hydrogen-bond donors (Lipinski definition) is 0. The molecule has 1 aromatic heterocycles. The van der Waals surface area contributed by atoms with Gasteiger partial charge in [0.2, 0.25) is 0 Å². The quantitative estimate of drug-likeness (QED) is 0.557. The lowest BCUT2D eigenvalue weighted by Crippen LogP contribution is -1.99. The van der Waals surface area contributed by atoms with Crippen LogP contribution < -0.4 is 0 Å². The minimum atomic E-state index is -0.0579. The number of nitrogens with zero attached hydrogens (tertiary/aromatic N) is 1. The van der Waals surface area contributed by atoms with Crippen LogP contribution in [0.1, 0.15) is 10.4 Å². The van der Waals surface area contributed by atoms with Crippen molar-refractivity contribution in [3.8, 4) is 0 Å². The number of pyridine rings is 1. The third kappa shape index (κ3) is 1.61. The minimum Gasteiger partial charge on any atom is -0.293 e. The van der Waals surface area contributed by atoms with Gasteiger partial charge in [0.25, 0.3) is 0 Å². The number of benzene rings is 1. The van der Waals surface area contributed by atoms with Gasteiger partial charge in [0.05, 0.1) is 11.4 Å². The number of carbonyl (C=O) groups excluding carboxylic acids is 1. The molecule has 2 rings (SSSR count). The lowest BCUT2D eigenvalue weighted by molar-refractivity contribution is 0.102. The van der Waals surface area contributed by atoms with Crippen LogP contribution in [0.15, 0.2) is 36.5 Å². The van der Waals surface area contributed by atoms with Crippen molar-refractivity contribution in [1.82, 2.24) is 4.98 Å². The van der Waals surface area contributed by atoms with Crippen molar-refractivity contribution in [1.29, 1.82) is 0 Å². The van der Waals surface area contributed by atoms with Crippen LogP contribution >= 0.6 is 11.6 Å². The van der Waals surface area contributed by atoms with Crippen LogP contribution in [0.5, 0.6) is 0 Å². The molecule has 0 spiro atoms. The lowest BCUT2D eigenvalue weighted by Gasteiger charge is -1.99. The summed E-state index contributed by atoms with van der Waals surface area (Å²) < 4.78 is 0. The van der Waals surface area contributed by atoms with E-state index in [1.165, 1.54) is 0 Å². The highest BCUT2D eigenvalue weighted by molar-refractivity contribution is 6.30. The summed E-state index contributed by atoms with van der Waals surface area (Å²) in [5.41, 5.74) is 1.53. The smallest absolute Gasteiger partial charge is 0.177 e. The molecule has 0 saturated heterocycles. The normalized spacial score (nSPS) is 10.4. The van der Waals surface area contributed by atoms with Crippen LogP contribution in [0.3, 0.4) is 0 Å². The summed E-state index contributed by atoms with van der Waals surface area (Å²) in [6.45, 7) is 0. The largest absolute Gasteiger partial charge is 0.293 e. The van der Waals surface area contributed by atoms with Crippen LogP contribution in [0.2, 0.25) is 0 Å². The molecule has 0 aliphatic carbocycles. The van der Waals surface area contributed by atoms with E-state index >= 15 is 0 Å². The van der Waals surface area contributed by atoms with Gasteiger partial charge in [-0.1, -0.05) is 6.07 Å². The second-order valence-electron chi connectivity index (χ2n) is 2.97. The Hall–Kier alpha value is -1.41. The van der Waals surface area contributed by atoms with E-state index < -0.39 is 0 Å². The summed E-state index contributed by atoms with van der Waals surface area (Å²) in [6, 6.07) is 9.16. The van der Waals surface area contributed by atoms with Crippen molar-refractivity contribution in [2.45, 2.75) is 0 Å². The molecule has 0 bridgehead atoms. The highest BCUT2D eigenvalue weighted by atomic mass is 35.5. The number of fused-ring (bicyclic) bond motifs is 1. The van der Waals surface area contributed by atoms with E-state index in [1.807, 2.05) is 24.3 Å². The number of ketones is 1. The minimum absolute atomic E-state index is 0.0196. The predicted octanol–water partition coefficient (Wildman–Crippen LogP) is 2.66. The fourth-order valence-corrected chi connectivity index (χ4v) is 1.48. The van der Waals surface area contributed by atoms with Gasteiger partial charge in [0, 0.05) is 17.1 Å². The molecule has 0 unspecified atom stereocenters. The van der Waals surface area contributed by atoms with Crippen LogP contribution in [0.25, 0.3) is 10.9 Å². The zero-order valence-electron chi connectivity index (χ0n) is 7.40.